The predicted molar refractivity (Wildman–Crippen MR) is 90.0 cm³/mol. The number of hydrogen-bond donors (Lipinski definition) is 0. The monoisotopic (exact) mass is 383 g/mol. The van der Waals surface area contributed by atoms with E-state index in [0.29, 0.717) is 16.9 Å². The molecule has 0 bridgehead atoms. The molecule has 1 aliphatic rings. The van der Waals surface area contributed by atoms with Crippen LogP contribution in [-0.2, 0) is 27.9 Å². The third-order valence-corrected chi connectivity index (χ3v) is 5.71. The minimum atomic E-state index is -1.61. The molecule has 1 heterocycles. The fourth-order valence-electron chi connectivity index (χ4n) is 2.74. The summed E-state index contributed by atoms with van der Waals surface area (Å²) in [6.07, 6.45) is 0. The van der Waals surface area contributed by atoms with Crippen molar-refractivity contribution in [3.8, 4) is 5.75 Å². The number of benzene rings is 2. The van der Waals surface area contributed by atoms with E-state index < -0.39 is 32.6 Å². The van der Waals surface area contributed by atoms with E-state index in [1.807, 2.05) is 0 Å². The molecule has 0 radical (unpaired) electrons. The number of halogens is 2. The van der Waals surface area contributed by atoms with Crippen molar-refractivity contribution in [1.82, 2.24) is 0 Å². The van der Waals surface area contributed by atoms with E-state index >= 15 is 0 Å². The van der Waals surface area contributed by atoms with Gasteiger partial charge in [0.05, 0.1) is 22.5 Å². The quantitative estimate of drug-likeness (QED) is 0.580. The van der Waals surface area contributed by atoms with Gasteiger partial charge in [-0.1, -0.05) is 6.07 Å². The number of rotatable bonds is 5. The smallest absolute Gasteiger partial charge is 0.270 e. The fourth-order valence-corrected chi connectivity index (χ4v) is 3.99. The second-order valence-corrected chi connectivity index (χ2v) is 7.55. The van der Waals surface area contributed by atoms with Gasteiger partial charge in [-0.15, -0.1) is 0 Å². The Morgan fingerprint density at radius 1 is 1.31 bits per heavy atom. The van der Waals surface area contributed by atoms with Gasteiger partial charge in [-0.2, -0.15) is 0 Å². The van der Waals surface area contributed by atoms with Crippen molar-refractivity contribution in [3.05, 3.63) is 68.8 Å². The van der Waals surface area contributed by atoms with E-state index in [1.165, 1.54) is 18.2 Å². The van der Waals surface area contributed by atoms with Crippen molar-refractivity contribution in [3.63, 3.8) is 0 Å². The molecule has 2 aromatic carbocycles. The van der Waals surface area contributed by atoms with Crippen molar-refractivity contribution >= 4 is 16.5 Å². The standard InChI is InChI=1S/C17H15F2NO5S/c1-10(15-3-2-13(18)6-16(15)19)26(23)8-12-5-14(20(21)22)4-11-7-24-9-25-17(11)12/h2-6,10H,7-9H2,1H3/t10-,26+/m0/s1. The first-order valence-corrected chi connectivity index (χ1v) is 9.08. The van der Waals surface area contributed by atoms with Crippen LogP contribution in [0.25, 0.3) is 0 Å². The Morgan fingerprint density at radius 3 is 2.77 bits per heavy atom. The predicted octanol–water partition coefficient (Wildman–Crippen LogP) is 3.75. The summed E-state index contributed by atoms with van der Waals surface area (Å²) in [6.45, 7) is 1.70. The van der Waals surface area contributed by atoms with Crippen LogP contribution in [0.15, 0.2) is 30.3 Å². The summed E-state index contributed by atoms with van der Waals surface area (Å²) < 4.78 is 50.2. The van der Waals surface area contributed by atoms with E-state index in [0.717, 1.165) is 12.1 Å². The lowest BCUT2D eigenvalue weighted by Crippen LogP contribution is -2.15. The molecule has 0 aliphatic carbocycles. The van der Waals surface area contributed by atoms with Crippen molar-refractivity contribution in [2.24, 2.45) is 0 Å². The van der Waals surface area contributed by atoms with Crippen LogP contribution in [0.2, 0.25) is 0 Å². The van der Waals surface area contributed by atoms with Crippen molar-refractivity contribution < 1.29 is 27.4 Å². The van der Waals surface area contributed by atoms with E-state index in [1.54, 1.807) is 6.92 Å². The van der Waals surface area contributed by atoms with Gasteiger partial charge in [-0.3, -0.25) is 14.3 Å². The molecule has 0 saturated heterocycles. The molecule has 0 N–H and O–H groups in total. The van der Waals surface area contributed by atoms with Gasteiger partial charge in [0.25, 0.3) is 5.69 Å². The summed E-state index contributed by atoms with van der Waals surface area (Å²) in [4.78, 5) is 10.6. The Morgan fingerprint density at radius 2 is 2.08 bits per heavy atom. The maximum atomic E-state index is 13.9. The highest BCUT2D eigenvalue weighted by atomic mass is 32.2. The fraction of sp³-hybridized carbons (Fsp3) is 0.294. The molecule has 0 aromatic heterocycles. The Labute approximate surface area is 150 Å². The topological polar surface area (TPSA) is 78.7 Å². The normalized spacial score (nSPS) is 15.7. The van der Waals surface area contributed by atoms with Crippen LogP contribution in [-0.4, -0.2) is 15.9 Å². The second-order valence-electron chi connectivity index (χ2n) is 5.79. The summed E-state index contributed by atoms with van der Waals surface area (Å²) in [6, 6.07) is 5.74. The van der Waals surface area contributed by atoms with Crippen LogP contribution < -0.4 is 4.74 Å². The highest BCUT2D eigenvalue weighted by molar-refractivity contribution is 7.84. The summed E-state index contributed by atoms with van der Waals surface area (Å²) in [5, 5.41) is 10.4. The largest absolute Gasteiger partial charge is 0.467 e. The first kappa shape index (κ1) is 18.4. The molecule has 26 heavy (non-hydrogen) atoms. The van der Waals surface area contributed by atoms with E-state index in [4.69, 9.17) is 9.47 Å². The minimum Gasteiger partial charge on any atom is -0.467 e. The van der Waals surface area contributed by atoms with Crippen molar-refractivity contribution in [2.75, 3.05) is 6.79 Å². The highest BCUT2D eigenvalue weighted by Gasteiger charge is 2.25. The van der Waals surface area contributed by atoms with Gasteiger partial charge in [-0.05, 0) is 13.0 Å². The van der Waals surface area contributed by atoms with Gasteiger partial charge in [0, 0.05) is 45.7 Å². The number of non-ortho nitro benzene ring substituents is 1. The van der Waals surface area contributed by atoms with E-state index in [-0.39, 0.29) is 30.4 Å². The molecular formula is C17H15F2NO5S. The molecule has 3 rings (SSSR count). The lowest BCUT2D eigenvalue weighted by molar-refractivity contribution is -0.385. The number of ether oxygens (including phenoxy) is 2. The molecule has 138 valence electrons. The van der Waals surface area contributed by atoms with Gasteiger partial charge in [0.1, 0.15) is 17.4 Å². The van der Waals surface area contributed by atoms with Crippen LogP contribution in [0, 0.1) is 21.7 Å². The Balaban J connectivity index is 1.91. The van der Waals surface area contributed by atoms with Gasteiger partial charge < -0.3 is 9.47 Å². The molecule has 2 atom stereocenters. The molecule has 9 heteroatoms. The molecule has 2 aromatic rings. The summed E-state index contributed by atoms with van der Waals surface area (Å²) >= 11 is 0. The Kier molecular flexibility index (Phi) is 5.28. The lowest BCUT2D eigenvalue weighted by atomic mass is 10.1. The number of hydrogen-bond acceptors (Lipinski definition) is 5. The highest BCUT2D eigenvalue weighted by Crippen LogP contribution is 2.35. The molecule has 0 amide bonds. The SMILES string of the molecule is C[C@@H](c1ccc(F)cc1F)[S@](=O)Cc1cc([N+](=O)[O-])cc2c1OCOC2. The van der Waals surface area contributed by atoms with Crippen molar-refractivity contribution in [1.29, 1.82) is 0 Å². The number of fused-ring (bicyclic) bond motifs is 1. The lowest BCUT2D eigenvalue weighted by Gasteiger charge is -2.21. The van der Waals surface area contributed by atoms with Gasteiger partial charge in [0.15, 0.2) is 6.79 Å². The number of nitro groups is 1. The molecule has 0 unspecified atom stereocenters. The van der Waals surface area contributed by atoms with Crippen LogP contribution in [0.4, 0.5) is 14.5 Å². The molecule has 6 nitrogen and oxygen atoms in total. The maximum Gasteiger partial charge on any atom is 0.270 e. The average Bonchev–Trinajstić information content (AvgIpc) is 2.61. The second kappa shape index (κ2) is 7.46. The third kappa shape index (κ3) is 3.73. The third-order valence-electron chi connectivity index (χ3n) is 4.08. The molecule has 0 saturated carbocycles. The van der Waals surface area contributed by atoms with Gasteiger partial charge >= 0.3 is 0 Å². The number of nitrogens with zero attached hydrogens (tertiary/aromatic N) is 1. The van der Waals surface area contributed by atoms with Crippen LogP contribution in [0.5, 0.6) is 5.75 Å². The first-order valence-electron chi connectivity index (χ1n) is 7.69. The van der Waals surface area contributed by atoms with Crippen LogP contribution >= 0.6 is 0 Å². The van der Waals surface area contributed by atoms with E-state index in [2.05, 4.69) is 0 Å². The zero-order valence-corrected chi connectivity index (χ0v) is 14.6. The Bertz CT molecular complexity index is 890. The zero-order valence-electron chi connectivity index (χ0n) is 13.7. The number of nitro benzene ring substituents is 1. The maximum absolute atomic E-state index is 13.9. The first-order chi connectivity index (χ1) is 12.4. The zero-order chi connectivity index (χ0) is 18.8. The molecule has 0 spiro atoms. The average molecular weight is 383 g/mol. The van der Waals surface area contributed by atoms with Crippen molar-refractivity contribution in [2.45, 2.75) is 24.5 Å². The van der Waals surface area contributed by atoms with Gasteiger partial charge in [-0.25, -0.2) is 8.78 Å². The molecular weight excluding hydrogens is 368 g/mol. The van der Waals surface area contributed by atoms with E-state index in [9.17, 15) is 23.1 Å². The summed E-state index contributed by atoms with van der Waals surface area (Å²) in [5.74, 6) is -1.16. The van der Waals surface area contributed by atoms with Crippen LogP contribution in [0.1, 0.15) is 28.9 Å². The summed E-state index contributed by atoms with van der Waals surface area (Å²) in [5.41, 5.74) is 0.849. The molecule has 1 aliphatic heterocycles. The molecule has 0 fully saturated rings. The minimum absolute atomic E-state index is 0.00735. The van der Waals surface area contributed by atoms with Crippen LogP contribution in [0.3, 0.4) is 0 Å². The van der Waals surface area contributed by atoms with Gasteiger partial charge in [0.2, 0.25) is 0 Å². The Hall–Kier alpha value is -2.39. The summed E-state index contributed by atoms with van der Waals surface area (Å²) in [7, 11) is -1.61.